The number of halogens is 1. The number of para-hydroxylation sites is 2. The smallest absolute Gasteiger partial charge is 0.235 e. The normalized spacial score (nSPS) is 21.7. The summed E-state index contributed by atoms with van der Waals surface area (Å²) in [7, 11) is 1.51. The van der Waals surface area contributed by atoms with E-state index in [1.165, 1.54) is 14.0 Å². The summed E-state index contributed by atoms with van der Waals surface area (Å²) in [4.78, 5) is 42.1. The van der Waals surface area contributed by atoms with Crippen LogP contribution in [-0.4, -0.2) is 42.0 Å². The summed E-state index contributed by atoms with van der Waals surface area (Å²) in [6.07, 6.45) is 1.00. The Morgan fingerprint density at radius 3 is 2.05 bits per heavy atom. The quantitative estimate of drug-likeness (QED) is 0.222. The van der Waals surface area contributed by atoms with Crippen LogP contribution in [0.2, 0.25) is 0 Å². The third kappa shape index (κ3) is 6.78. The average molecular weight is 652 g/mol. The topological polar surface area (TPSA) is 114 Å². The number of hydrogen-bond acceptors (Lipinski definition) is 6. The van der Waals surface area contributed by atoms with Crippen molar-refractivity contribution in [2.45, 2.75) is 58.5 Å². The Morgan fingerprint density at radius 2 is 1.51 bits per heavy atom. The van der Waals surface area contributed by atoms with Gasteiger partial charge < -0.3 is 25.2 Å². The highest BCUT2D eigenvalue weighted by Gasteiger charge is 2.56. The lowest BCUT2D eigenvalue weighted by Gasteiger charge is -2.44. The standard InChI is InChI=1S/C34H39BrN2O6/c1-6-20-13-9-11-15-24(20)36-32(39)29-26(38)19-34(4,41)30(33(40)37-25-16-12-10-14-21(25)7-2)28(29)22-17-23(35)31(42-5)27(18-22)43-8-3/h9-18,28-30,41H,6-8,19H2,1-5H3,(H,36,39)(H,37,40). The molecule has 43 heavy (non-hydrogen) atoms. The maximum absolute atomic E-state index is 14.2. The van der Waals surface area contributed by atoms with E-state index in [2.05, 4.69) is 26.6 Å². The van der Waals surface area contributed by atoms with Crippen LogP contribution < -0.4 is 20.1 Å². The molecule has 0 aliphatic heterocycles. The monoisotopic (exact) mass is 650 g/mol. The summed E-state index contributed by atoms with van der Waals surface area (Å²) in [5.74, 6) is -4.11. The minimum atomic E-state index is -1.75. The summed E-state index contributed by atoms with van der Waals surface area (Å²) in [5.41, 5.74) is 1.79. The lowest BCUT2D eigenvalue weighted by atomic mass is 9.61. The Labute approximate surface area is 261 Å². The van der Waals surface area contributed by atoms with Gasteiger partial charge in [0, 0.05) is 23.7 Å². The van der Waals surface area contributed by atoms with Gasteiger partial charge in [0.1, 0.15) is 11.7 Å². The minimum Gasteiger partial charge on any atom is -0.492 e. The van der Waals surface area contributed by atoms with Gasteiger partial charge in [-0.3, -0.25) is 14.4 Å². The molecule has 2 amide bonds. The number of ketones is 1. The lowest BCUT2D eigenvalue weighted by molar-refractivity contribution is -0.150. The Morgan fingerprint density at radius 1 is 0.953 bits per heavy atom. The molecule has 3 aromatic rings. The molecule has 4 atom stereocenters. The molecule has 1 aliphatic rings. The van der Waals surface area contributed by atoms with Gasteiger partial charge in [-0.2, -0.15) is 0 Å². The van der Waals surface area contributed by atoms with Crippen LogP contribution in [0.1, 0.15) is 56.7 Å². The zero-order chi connectivity index (χ0) is 31.3. The van der Waals surface area contributed by atoms with Gasteiger partial charge in [0.25, 0.3) is 0 Å². The zero-order valence-electron chi connectivity index (χ0n) is 25.2. The number of Topliss-reactive ketones (excluding diaryl/α,β-unsaturated/α-hetero) is 1. The van der Waals surface area contributed by atoms with Crippen LogP contribution in [0.25, 0.3) is 0 Å². The number of carbonyl (C=O) groups is 3. The fourth-order valence-electron chi connectivity index (χ4n) is 6.06. The van der Waals surface area contributed by atoms with Gasteiger partial charge in [-0.25, -0.2) is 0 Å². The number of aliphatic hydroxyl groups is 1. The predicted octanol–water partition coefficient (Wildman–Crippen LogP) is 6.30. The summed E-state index contributed by atoms with van der Waals surface area (Å²) < 4.78 is 11.9. The van der Waals surface area contributed by atoms with E-state index in [1.807, 2.05) is 57.2 Å². The van der Waals surface area contributed by atoms with Crippen molar-refractivity contribution in [1.82, 2.24) is 0 Å². The van der Waals surface area contributed by atoms with Gasteiger partial charge in [0.2, 0.25) is 11.8 Å². The summed E-state index contributed by atoms with van der Waals surface area (Å²) in [5, 5.41) is 17.7. The lowest BCUT2D eigenvalue weighted by Crippen LogP contribution is -2.56. The van der Waals surface area contributed by atoms with Crippen LogP contribution in [0.5, 0.6) is 11.5 Å². The first-order chi connectivity index (χ1) is 20.6. The first-order valence-electron chi connectivity index (χ1n) is 14.6. The molecule has 1 aliphatic carbocycles. The SMILES string of the molecule is CCOc1cc(C2C(C(=O)Nc3ccccc3CC)C(=O)CC(C)(O)C2C(=O)Nc2ccccc2CC)cc(Br)c1OC. The summed E-state index contributed by atoms with van der Waals surface area (Å²) in [6.45, 7) is 7.62. The number of carbonyl (C=O) groups excluding carboxylic acids is 3. The maximum Gasteiger partial charge on any atom is 0.235 e. The Hall–Kier alpha value is -3.69. The van der Waals surface area contributed by atoms with E-state index < -0.39 is 41.0 Å². The van der Waals surface area contributed by atoms with E-state index in [1.54, 1.807) is 24.3 Å². The number of rotatable bonds is 10. The second-order valence-electron chi connectivity index (χ2n) is 10.9. The highest BCUT2D eigenvalue weighted by molar-refractivity contribution is 9.10. The third-order valence-corrected chi connectivity index (χ3v) is 8.65. The van der Waals surface area contributed by atoms with Gasteiger partial charge in [0.15, 0.2) is 11.5 Å². The molecule has 3 aromatic carbocycles. The highest BCUT2D eigenvalue weighted by Crippen LogP contribution is 2.49. The molecule has 8 nitrogen and oxygen atoms in total. The molecule has 0 bridgehead atoms. The molecule has 4 unspecified atom stereocenters. The van der Waals surface area contributed by atoms with Crippen molar-refractivity contribution < 1.29 is 29.0 Å². The number of ether oxygens (including phenoxy) is 2. The first-order valence-corrected chi connectivity index (χ1v) is 15.4. The van der Waals surface area contributed by atoms with E-state index in [0.717, 1.165) is 11.1 Å². The number of methoxy groups -OCH3 is 1. The number of hydrogen-bond donors (Lipinski definition) is 3. The van der Waals surface area contributed by atoms with Crippen LogP contribution in [0.15, 0.2) is 65.1 Å². The van der Waals surface area contributed by atoms with Gasteiger partial charge in [-0.1, -0.05) is 50.2 Å². The van der Waals surface area contributed by atoms with Crippen molar-refractivity contribution in [3.8, 4) is 11.5 Å². The predicted molar refractivity (Wildman–Crippen MR) is 171 cm³/mol. The van der Waals surface area contributed by atoms with Crippen molar-refractivity contribution >= 4 is 44.9 Å². The summed E-state index contributed by atoms with van der Waals surface area (Å²) in [6, 6.07) is 18.3. The van der Waals surface area contributed by atoms with Gasteiger partial charge in [0.05, 0.1) is 29.7 Å². The molecule has 228 valence electrons. The number of anilines is 2. The number of benzene rings is 3. The van der Waals surface area contributed by atoms with Crippen LogP contribution in [0.3, 0.4) is 0 Å². The van der Waals surface area contributed by atoms with E-state index in [-0.39, 0.29) is 6.42 Å². The maximum atomic E-state index is 14.2. The molecular formula is C34H39BrN2O6. The molecular weight excluding hydrogens is 612 g/mol. The third-order valence-electron chi connectivity index (χ3n) is 8.07. The first kappa shape index (κ1) is 32.2. The zero-order valence-corrected chi connectivity index (χ0v) is 26.8. The van der Waals surface area contributed by atoms with Crippen LogP contribution in [0, 0.1) is 11.8 Å². The van der Waals surface area contributed by atoms with Crippen molar-refractivity contribution in [2.24, 2.45) is 11.8 Å². The van der Waals surface area contributed by atoms with Crippen LogP contribution in [0.4, 0.5) is 11.4 Å². The second kappa shape index (κ2) is 13.7. The molecule has 0 radical (unpaired) electrons. The molecule has 0 spiro atoms. The Bertz CT molecular complexity index is 1500. The molecule has 0 aromatic heterocycles. The van der Waals surface area contributed by atoms with Crippen molar-refractivity contribution in [3.63, 3.8) is 0 Å². The van der Waals surface area contributed by atoms with Gasteiger partial charge in [-0.05, 0) is 83.6 Å². The highest BCUT2D eigenvalue weighted by atomic mass is 79.9. The van der Waals surface area contributed by atoms with Crippen LogP contribution in [-0.2, 0) is 27.2 Å². The van der Waals surface area contributed by atoms with Crippen molar-refractivity contribution in [3.05, 3.63) is 81.8 Å². The minimum absolute atomic E-state index is 0.336. The van der Waals surface area contributed by atoms with Gasteiger partial charge >= 0.3 is 0 Å². The largest absolute Gasteiger partial charge is 0.492 e. The number of amides is 2. The number of aryl methyl sites for hydroxylation is 2. The second-order valence-corrected chi connectivity index (χ2v) is 11.8. The van der Waals surface area contributed by atoms with E-state index in [4.69, 9.17) is 9.47 Å². The van der Waals surface area contributed by atoms with Crippen LogP contribution >= 0.6 is 15.9 Å². The molecule has 0 saturated heterocycles. The fourth-order valence-corrected chi connectivity index (χ4v) is 6.68. The van der Waals surface area contributed by atoms with Gasteiger partial charge in [-0.15, -0.1) is 0 Å². The van der Waals surface area contributed by atoms with Crippen molar-refractivity contribution in [2.75, 3.05) is 24.4 Å². The fraction of sp³-hybridized carbons (Fsp3) is 0.382. The molecule has 3 N–H and O–H groups in total. The molecule has 0 heterocycles. The molecule has 9 heteroatoms. The molecule has 4 rings (SSSR count). The van der Waals surface area contributed by atoms with E-state index in [9.17, 15) is 19.5 Å². The van der Waals surface area contributed by atoms with E-state index in [0.29, 0.717) is 52.4 Å². The average Bonchev–Trinajstić information content (AvgIpc) is 2.96. The van der Waals surface area contributed by atoms with E-state index >= 15 is 0 Å². The van der Waals surface area contributed by atoms with Crippen molar-refractivity contribution in [1.29, 1.82) is 0 Å². The Balaban J connectivity index is 1.88. The number of nitrogens with one attached hydrogen (secondary N) is 2. The summed E-state index contributed by atoms with van der Waals surface area (Å²) >= 11 is 3.54. The molecule has 1 fully saturated rings. The molecule has 1 saturated carbocycles. The Kier molecular flexibility index (Phi) is 10.3.